The molecule has 0 unspecified atom stereocenters. The minimum Gasteiger partial charge on any atom is -0.375 e. The van der Waals surface area contributed by atoms with E-state index in [-0.39, 0.29) is 5.11 Å². The maximum absolute atomic E-state index is 5.28. The summed E-state index contributed by atoms with van der Waals surface area (Å²) in [7, 11) is 2.03. The third-order valence-electron chi connectivity index (χ3n) is 2.81. The van der Waals surface area contributed by atoms with Crippen LogP contribution in [0, 0.1) is 0 Å². The Bertz CT molecular complexity index is 593. The number of benzene rings is 2. The Morgan fingerprint density at radius 1 is 1.10 bits per heavy atom. The second-order valence-electron chi connectivity index (χ2n) is 4.22. The van der Waals surface area contributed by atoms with E-state index in [9.17, 15) is 0 Å². The van der Waals surface area contributed by atoms with Crippen molar-refractivity contribution in [3.05, 3.63) is 60.2 Å². The van der Waals surface area contributed by atoms with Crippen LogP contribution in [0.4, 0.5) is 11.4 Å². The molecule has 0 saturated heterocycles. The van der Waals surface area contributed by atoms with Gasteiger partial charge in [-0.05, 0) is 42.0 Å². The fourth-order valence-corrected chi connectivity index (χ4v) is 1.81. The van der Waals surface area contributed by atoms with Gasteiger partial charge in [0.05, 0.1) is 6.21 Å². The van der Waals surface area contributed by atoms with Gasteiger partial charge in [-0.25, -0.2) is 0 Å². The number of nitrogens with one attached hydrogen (secondary N) is 1. The highest BCUT2D eigenvalue weighted by Crippen LogP contribution is 2.22. The SMILES string of the molecule is CN(c1ccccc1)c1ccc(C=NNC(N)=S)cc1. The number of nitrogens with two attached hydrogens (primary N) is 1. The summed E-state index contributed by atoms with van der Waals surface area (Å²) in [6, 6.07) is 18.2. The van der Waals surface area contributed by atoms with Gasteiger partial charge in [0.25, 0.3) is 0 Å². The van der Waals surface area contributed by atoms with Gasteiger partial charge < -0.3 is 10.6 Å². The molecule has 0 bridgehead atoms. The lowest BCUT2D eigenvalue weighted by atomic mass is 10.2. The van der Waals surface area contributed by atoms with E-state index in [1.54, 1.807) is 6.21 Å². The summed E-state index contributed by atoms with van der Waals surface area (Å²) in [5, 5.41) is 4.07. The molecule has 4 nitrogen and oxygen atoms in total. The van der Waals surface area contributed by atoms with Crippen LogP contribution in [-0.2, 0) is 0 Å². The predicted octanol–water partition coefficient (Wildman–Crippen LogP) is 2.62. The van der Waals surface area contributed by atoms with E-state index in [1.807, 2.05) is 49.5 Å². The second-order valence-corrected chi connectivity index (χ2v) is 4.66. The predicted molar refractivity (Wildman–Crippen MR) is 88.5 cm³/mol. The third-order valence-corrected chi connectivity index (χ3v) is 2.90. The molecule has 0 fully saturated rings. The molecule has 2 aromatic carbocycles. The Morgan fingerprint density at radius 3 is 2.30 bits per heavy atom. The molecule has 0 aliphatic carbocycles. The van der Waals surface area contributed by atoms with E-state index in [1.165, 1.54) is 0 Å². The molecule has 0 saturated carbocycles. The van der Waals surface area contributed by atoms with Gasteiger partial charge in [-0.1, -0.05) is 30.3 Å². The van der Waals surface area contributed by atoms with Gasteiger partial charge in [-0.15, -0.1) is 0 Å². The topological polar surface area (TPSA) is 53.6 Å². The zero-order chi connectivity index (χ0) is 14.4. The number of anilines is 2. The van der Waals surface area contributed by atoms with Crippen LogP contribution < -0.4 is 16.1 Å². The van der Waals surface area contributed by atoms with E-state index in [0.717, 1.165) is 16.9 Å². The average Bonchev–Trinajstić information content (AvgIpc) is 2.48. The van der Waals surface area contributed by atoms with Crippen LogP contribution in [-0.4, -0.2) is 18.4 Å². The fraction of sp³-hybridized carbons (Fsp3) is 0.0667. The van der Waals surface area contributed by atoms with Gasteiger partial charge in [0.2, 0.25) is 0 Å². The van der Waals surface area contributed by atoms with Gasteiger partial charge in [0.15, 0.2) is 5.11 Å². The molecule has 102 valence electrons. The Balaban J connectivity index is 2.08. The smallest absolute Gasteiger partial charge is 0.184 e. The summed E-state index contributed by atoms with van der Waals surface area (Å²) in [6.45, 7) is 0. The summed E-state index contributed by atoms with van der Waals surface area (Å²) in [4.78, 5) is 2.12. The summed E-state index contributed by atoms with van der Waals surface area (Å²) >= 11 is 4.67. The van der Waals surface area contributed by atoms with E-state index < -0.39 is 0 Å². The number of hydrogen-bond acceptors (Lipinski definition) is 3. The molecule has 20 heavy (non-hydrogen) atoms. The summed E-state index contributed by atoms with van der Waals surface area (Å²) in [5.74, 6) is 0. The molecule has 0 aliphatic heterocycles. The number of thiocarbonyl (C=S) groups is 1. The maximum Gasteiger partial charge on any atom is 0.184 e. The first-order valence-electron chi connectivity index (χ1n) is 6.14. The maximum atomic E-state index is 5.28. The monoisotopic (exact) mass is 284 g/mol. The molecule has 2 rings (SSSR count). The Labute approximate surface area is 123 Å². The van der Waals surface area contributed by atoms with E-state index >= 15 is 0 Å². The van der Waals surface area contributed by atoms with Crippen molar-refractivity contribution >= 4 is 34.9 Å². The van der Waals surface area contributed by atoms with Crippen LogP contribution >= 0.6 is 12.2 Å². The molecule has 0 aromatic heterocycles. The molecule has 2 aromatic rings. The highest BCUT2D eigenvalue weighted by Gasteiger charge is 2.02. The molecule has 0 atom stereocenters. The van der Waals surface area contributed by atoms with Crippen molar-refractivity contribution in [3.8, 4) is 0 Å². The van der Waals surface area contributed by atoms with Crippen LogP contribution in [0.15, 0.2) is 59.7 Å². The van der Waals surface area contributed by atoms with E-state index in [2.05, 4.69) is 39.8 Å². The number of hydrazone groups is 1. The van der Waals surface area contributed by atoms with Crippen LogP contribution in [0.3, 0.4) is 0 Å². The average molecular weight is 284 g/mol. The normalized spacial score (nSPS) is 10.4. The number of para-hydroxylation sites is 1. The van der Waals surface area contributed by atoms with Crippen molar-refractivity contribution in [1.82, 2.24) is 5.43 Å². The molecule has 0 amide bonds. The summed E-state index contributed by atoms with van der Waals surface area (Å²) in [6.07, 6.45) is 1.67. The molecular weight excluding hydrogens is 268 g/mol. The largest absolute Gasteiger partial charge is 0.375 e. The highest BCUT2D eigenvalue weighted by atomic mass is 32.1. The van der Waals surface area contributed by atoms with Crippen LogP contribution in [0.2, 0.25) is 0 Å². The fourth-order valence-electron chi connectivity index (χ4n) is 1.76. The van der Waals surface area contributed by atoms with Crippen LogP contribution in [0.5, 0.6) is 0 Å². The molecule has 0 heterocycles. The van der Waals surface area contributed by atoms with Crippen LogP contribution in [0.1, 0.15) is 5.56 Å². The standard InChI is InChI=1S/C15H16N4S/c1-19(13-5-3-2-4-6-13)14-9-7-12(8-10-14)11-17-18-15(16)20/h2-11H,1H3,(H3,16,18,20). The minimum atomic E-state index is 0.154. The Hall–Kier alpha value is -2.40. The quantitative estimate of drug-likeness (QED) is 0.515. The van der Waals surface area contributed by atoms with Crippen molar-refractivity contribution < 1.29 is 0 Å². The molecule has 0 radical (unpaired) electrons. The van der Waals surface area contributed by atoms with Crippen molar-refractivity contribution in [2.24, 2.45) is 10.8 Å². The van der Waals surface area contributed by atoms with Gasteiger partial charge in [0.1, 0.15) is 0 Å². The van der Waals surface area contributed by atoms with Crippen LogP contribution in [0.25, 0.3) is 0 Å². The third kappa shape index (κ3) is 3.80. The molecule has 0 spiro atoms. The van der Waals surface area contributed by atoms with Gasteiger partial charge in [-0.2, -0.15) is 5.10 Å². The molecule has 3 N–H and O–H groups in total. The first-order valence-corrected chi connectivity index (χ1v) is 6.55. The van der Waals surface area contributed by atoms with E-state index in [4.69, 9.17) is 5.73 Å². The second kappa shape index (κ2) is 6.68. The molecule has 0 aliphatic rings. The van der Waals surface area contributed by atoms with Gasteiger partial charge in [0, 0.05) is 18.4 Å². The van der Waals surface area contributed by atoms with Gasteiger partial charge in [-0.3, -0.25) is 5.43 Å². The summed E-state index contributed by atoms with van der Waals surface area (Å²) in [5.41, 5.74) is 11.0. The lowest BCUT2D eigenvalue weighted by Crippen LogP contribution is -2.23. The van der Waals surface area contributed by atoms with Crippen molar-refractivity contribution in [1.29, 1.82) is 0 Å². The first kappa shape index (κ1) is 14.0. The molecular formula is C15H16N4S. The minimum absolute atomic E-state index is 0.154. The lowest BCUT2D eigenvalue weighted by Gasteiger charge is -2.19. The van der Waals surface area contributed by atoms with E-state index in [0.29, 0.717) is 0 Å². The Morgan fingerprint density at radius 2 is 1.70 bits per heavy atom. The Kier molecular flexibility index (Phi) is 4.68. The van der Waals surface area contributed by atoms with Gasteiger partial charge >= 0.3 is 0 Å². The zero-order valence-electron chi connectivity index (χ0n) is 11.2. The lowest BCUT2D eigenvalue weighted by molar-refractivity contribution is 1.04. The highest BCUT2D eigenvalue weighted by molar-refractivity contribution is 7.80. The first-order chi connectivity index (χ1) is 9.66. The number of hydrogen-bond donors (Lipinski definition) is 2. The number of nitrogens with zero attached hydrogens (tertiary/aromatic N) is 2. The number of rotatable bonds is 4. The molecule has 5 heteroatoms. The summed E-state index contributed by atoms with van der Waals surface area (Å²) < 4.78 is 0. The van der Waals surface area contributed by atoms with Crippen molar-refractivity contribution in [2.45, 2.75) is 0 Å². The van der Waals surface area contributed by atoms with Crippen molar-refractivity contribution in [2.75, 3.05) is 11.9 Å². The zero-order valence-corrected chi connectivity index (χ0v) is 12.0. The van der Waals surface area contributed by atoms with Crippen molar-refractivity contribution in [3.63, 3.8) is 0 Å².